The highest BCUT2D eigenvalue weighted by Gasteiger charge is 2.35. The number of hydrogen-bond donors (Lipinski definition) is 1. The van der Waals surface area contributed by atoms with Gasteiger partial charge in [0, 0.05) is 31.7 Å². The Morgan fingerprint density at radius 2 is 2.21 bits per heavy atom. The van der Waals surface area contributed by atoms with Crippen molar-refractivity contribution in [1.29, 1.82) is 0 Å². The summed E-state index contributed by atoms with van der Waals surface area (Å²) in [4.78, 5) is 25.1. The van der Waals surface area contributed by atoms with Crippen LogP contribution in [-0.4, -0.2) is 53.8 Å². The molecule has 2 aliphatic rings. The van der Waals surface area contributed by atoms with Crippen LogP contribution in [0.25, 0.3) is 0 Å². The van der Waals surface area contributed by atoms with E-state index in [0.717, 1.165) is 12.8 Å². The molecule has 1 aromatic rings. The van der Waals surface area contributed by atoms with Gasteiger partial charge in [0.05, 0.1) is 12.5 Å². The van der Waals surface area contributed by atoms with E-state index in [4.69, 9.17) is 14.6 Å². The van der Waals surface area contributed by atoms with Gasteiger partial charge in [0.15, 0.2) is 17.7 Å². The van der Waals surface area contributed by atoms with Gasteiger partial charge in [0.1, 0.15) is 0 Å². The Labute approximate surface area is 139 Å². The SMILES string of the molecule is O=C(O)CCN(C[C@H]1CCCO1)C(=O)[C@@H]1Cc2cccc(F)c2O1. The van der Waals surface area contributed by atoms with Crippen LogP contribution in [0.1, 0.15) is 24.8 Å². The largest absolute Gasteiger partial charge is 0.481 e. The average molecular weight is 337 g/mol. The molecule has 0 unspecified atom stereocenters. The molecule has 0 aromatic heterocycles. The molecule has 0 spiro atoms. The van der Waals surface area contributed by atoms with E-state index in [0.29, 0.717) is 25.1 Å². The summed E-state index contributed by atoms with van der Waals surface area (Å²) in [5.74, 6) is -1.66. The summed E-state index contributed by atoms with van der Waals surface area (Å²) >= 11 is 0. The molecule has 1 amide bonds. The summed E-state index contributed by atoms with van der Waals surface area (Å²) in [7, 11) is 0. The average Bonchev–Trinajstić information content (AvgIpc) is 3.20. The number of carbonyl (C=O) groups is 2. The quantitative estimate of drug-likeness (QED) is 0.853. The van der Waals surface area contributed by atoms with Crippen molar-refractivity contribution < 1.29 is 28.6 Å². The van der Waals surface area contributed by atoms with Crippen LogP contribution in [0.15, 0.2) is 18.2 Å². The summed E-state index contributed by atoms with van der Waals surface area (Å²) in [5, 5.41) is 8.90. The number of nitrogens with zero attached hydrogens (tertiary/aromatic N) is 1. The molecule has 24 heavy (non-hydrogen) atoms. The Kier molecular flexibility index (Phi) is 4.99. The van der Waals surface area contributed by atoms with Gasteiger partial charge in [0.25, 0.3) is 5.91 Å². The number of hydrogen-bond acceptors (Lipinski definition) is 4. The number of halogens is 1. The summed E-state index contributed by atoms with van der Waals surface area (Å²) in [5.41, 5.74) is 0.656. The number of para-hydroxylation sites is 1. The van der Waals surface area contributed by atoms with Crippen LogP contribution in [0, 0.1) is 5.82 Å². The molecule has 0 saturated carbocycles. The van der Waals surface area contributed by atoms with Crippen molar-refractivity contribution in [2.24, 2.45) is 0 Å². The number of rotatable bonds is 6. The highest BCUT2D eigenvalue weighted by molar-refractivity contribution is 5.83. The molecule has 0 radical (unpaired) electrons. The van der Waals surface area contributed by atoms with Gasteiger partial charge in [-0.3, -0.25) is 9.59 Å². The first-order chi connectivity index (χ1) is 11.5. The number of fused-ring (bicyclic) bond motifs is 1. The van der Waals surface area contributed by atoms with Crippen LogP contribution in [-0.2, 0) is 20.7 Å². The first kappa shape index (κ1) is 16.7. The van der Waals surface area contributed by atoms with E-state index in [1.54, 1.807) is 12.1 Å². The second kappa shape index (κ2) is 7.17. The molecule has 1 N–H and O–H groups in total. The topological polar surface area (TPSA) is 76.1 Å². The molecule has 2 aliphatic heterocycles. The number of aliphatic carboxylic acids is 1. The maximum absolute atomic E-state index is 13.8. The molecule has 0 aliphatic carbocycles. The zero-order valence-corrected chi connectivity index (χ0v) is 13.2. The monoisotopic (exact) mass is 337 g/mol. The van der Waals surface area contributed by atoms with E-state index < -0.39 is 17.9 Å². The van der Waals surface area contributed by atoms with Crippen molar-refractivity contribution in [3.63, 3.8) is 0 Å². The fraction of sp³-hybridized carbons (Fsp3) is 0.529. The predicted octanol–water partition coefficient (Wildman–Crippen LogP) is 1.61. The first-order valence-corrected chi connectivity index (χ1v) is 8.11. The maximum atomic E-state index is 13.8. The summed E-state index contributed by atoms with van der Waals surface area (Å²) in [6.07, 6.45) is 1.03. The summed E-state index contributed by atoms with van der Waals surface area (Å²) in [6, 6.07) is 4.60. The van der Waals surface area contributed by atoms with Crippen LogP contribution in [0.5, 0.6) is 5.75 Å². The Morgan fingerprint density at radius 3 is 2.88 bits per heavy atom. The molecule has 130 valence electrons. The van der Waals surface area contributed by atoms with E-state index in [1.165, 1.54) is 11.0 Å². The van der Waals surface area contributed by atoms with Crippen LogP contribution in [0.3, 0.4) is 0 Å². The van der Waals surface area contributed by atoms with Crippen LogP contribution >= 0.6 is 0 Å². The van der Waals surface area contributed by atoms with Crippen molar-refractivity contribution in [3.8, 4) is 5.75 Å². The lowest BCUT2D eigenvalue weighted by Gasteiger charge is -2.27. The smallest absolute Gasteiger partial charge is 0.305 e. The molecular formula is C17H20FNO5. The van der Waals surface area contributed by atoms with Gasteiger partial charge in [-0.1, -0.05) is 12.1 Å². The molecule has 2 heterocycles. The number of carboxylic acid groups (broad SMARTS) is 1. The number of benzene rings is 1. The van der Waals surface area contributed by atoms with Gasteiger partial charge in [-0.2, -0.15) is 0 Å². The Bertz CT molecular complexity index is 629. The van der Waals surface area contributed by atoms with Crippen molar-refractivity contribution in [1.82, 2.24) is 4.90 Å². The minimum atomic E-state index is -0.971. The third-order valence-electron chi connectivity index (χ3n) is 4.34. The van der Waals surface area contributed by atoms with Gasteiger partial charge >= 0.3 is 5.97 Å². The third kappa shape index (κ3) is 3.67. The summed E-state index contributed by atoms with van der Waals surface area (Å²) in [6.45, 7) is 1.08. The standard InChI is InChI=1S/C17H20FNO5/c18-13-5-1-3-11-9-14(24-16(11)13)17(22)19(7-6-15(20)21)10-12-4-2-8-23-12/h1,3,5,12,14H,2,4,6-10H2,(H,20,21)/t12-,14+/m1/s1. The van der Waals surface area contributed by atoms with E-state index in [2.05, 4.69) is 0 Å². The summed E-state index contributed by atoms with van der Waals surface area (Å²) < 4.78 is 24.8. The Morgan fingerprint density at radius 1 is 1.38 bits per heavy atom. The van der Waals surface area contributed by atoms with Gasteiger partial charge in [-0.25, -0.2) is 4.39 Å². The lowest BCUT2D eigenvalue weighted by atomic mass is 10.1. The van der Waals surface area contributed by atoms with Crippen molar-refractivity contribution in [3.05, 3.63) is 29.6 Å². The predicted molar refractivity (Wildman–Crippen MR) is 82.3 cm³/mol. The molecule has 6 nitrogen and oxygen atoms in total. The van der Waals surface area contributed by atoms with Gasteiger partial charge in [0.2, 0.25) is 0 Å². The number of amides is 1. The Hall–Kier alpha value is -2.15. The van der Waals surface area contributed by atoms with Crippen molar-refractivity contribution in [2.45, 2.75) is 37.9 Å². The van der Waals surface area contributed by atoms with Crippen LogP contribution in [0.4, 0.5) is 4.39 Å². The maximum Gasteiger partial charge on any atom is 0.305 e. The molecule has 3 rings (SSSR count). The minimum absolute atomic E-state index is 0.0803. The molecule has 0 bridgehead atoms. The van der Waals surface area contributed by atoms with Gasteiger partial charge in [-0.15, -0.1) is 0 Å². The third-order valence-corrected chi connectivity index (χ3v) is 4.34. The second-order valence-corrected chi connectivity index (χ2v) is 6.10. The van der Waals surface area contributed by atoms with E-state index in [1.807, 2.05) is 0 Å². The van der Waals surface area contributed by atoms with Crippen LogP contribution in [0.2, 0.25) is 0 Å². The number of carboxylic acids is 1. The fourth-order valence-electron chi connectivity index (χ4n) is 3.13. The minimum Gasteiger partial charge on any atom is -0.481 e. The van der Waals surface area contributed by atoms with Crippen molar-refractivity contribution >= 4 is 11.9 Å². The van der Waals surface area contributed by atoms with Crippen LogP contribution < -0.4 is 4.74 Å². The molecule has 1 saturated heterocycles. The van der Waals surface area contributed by atoms with Gasteiger partial charge in [-0.05, 0) is 18.9 Å². The molecule has 1 fully saturated rings. The highest BCUT2D eigenvalue weighted by Crippen LogP contribution is 2.32. The molecule has 7 heteroatoms. The molecule has 2 atom stereocenters. The van der Waals surface area contributed by atoms with E-state index in [-0.39, 0.29) is 30.7 Å². The molecule has 1 aromatic carbocycles. The zero-order valence-electron chi connectivity index (χ0n) is 13.2. The lowest BCUT2D eigenvalue weighted by molar-refractivity contribution is -0.142. The highest BCUT2D eigenvalue weighted by atomic mass is 19.1. The number of carbonyl (C=O) groups excluding carboxylic acids is 1. The zero-order chi connectivity index (χ0) is 17.1. The van der Waals surface area contributed by atoms with E-state index >= 15 is 0 Å². The Balaban J connectivity index is 1.68. The number of ether oxygens (including phenoxy) is 2. The normalized spacial score (nSPS) is 22.0. The second-order valence-electron chi connectivity index (χ2n) is 6.10. The molecular weight excluding hydrogens is 317 g/mol. The lowest BCUT2D eigenvalue weighted by Crippen LogP contribution is -2.45. The first-order valence-electron chi connectivity index (χ1n) is 8.11. The van der Waals surface area contributed by atoms with Gasteiger partial charge < -0.3 is 19.5 Å². The fourth-order valence-corrected chi connectivity index (χ4v) is 3.13. The van der Waals surface area contributed by atoms with Crippen molar-refractivity contribution in [2.75, 3.05) is 19.7 Å². The van der Waals surface area contributed by atoms with E-state index in [9.17, 15) is 14.0 Å².